The van der Waals surface area contributed by atoms with Crippen molar-refractivity contribution in [1.82, 2.24) is 9.88 Å². The average molecular weight is 249 g/mol. The Morgan fingerprint density at radius 1 is 1.69 bits per heavy atom. The van der Waals surface area contributed by atoms with Gasteiger partial charge < -0.3 is 10.6 Å². The molecule has 0 aliphatic heterocycles. The minimum absolute atomic E-state index is 0.167. The first-order valence-electron chi connectivity index (χ1n) is 4.66. The zero-order valence-electron chi connectivity index (χ0n) is 8.98. The van der Waals surface area contributed by atoms with E-state index < -0.39 is 18.9 Å². The fraction of sp³-hybridized carbons (Fsp3) is 0.556. The molecule has 1 atom stereocenters. The van der Waals surface area contributed by atoms with Crippen molar-refractivity contribution < 1.29 is 13.6 Å². The van der Waals surface area contributed by atoms with Gasteiger partial charge in [-0.3, -0.25) is 4.79 Å². The Bertz CT molecular complexity index is 367. The average Bonchev–Trinajstić information content (AvgIpc) is 2.64. The van der Waals surface area contributed by atoms with E-state index in [0.717, 1.165) is 4.90 Å². The van der Waals surface area contributed by atoms with Crippen molar-refractivity contribution in [2.45, 2.75) is 19.4 Å². The molecular weight excluding hydrogens is 236 g/mol. The fourth-order valence-corrected chi connectivity index (χ4v) is 1.83. The minimum atomic E-state index is -2.54. The molecule has 0 spiro atoms. The third-order valence-electron chi connectivity index (χ3n) is 1.89. The van der Waals surface area contributed by atoms with Crippen LogP contribution in [0.1, 0.15) is 28.5 Å². The van der Waals surface area contributed by atoms with Gasteiger partial charge in [0.05, 0.1) is 12.6 Å². The number of carbonyl (C=O) groups excluding carboxylic acids is 1. The number of alkyl halides is 2. The Morgan fingerprint density at radius 2 is 2.31 bits per heavy atom. The van der Waals surface area contributed by atoms with Crippen LogP contribution < -0.4 is 5.73 Å². The Labute approximate surface area is 96.1 Å². The van der Waals surface area contributed by atoms with Gasteiger partial charge in [-0.15, -0.1) is 11.3 Å². The molecule has 16 heavy (non-hydrogen) atoms. The summed E-state index contributed by atoms with van der Waals surface area (Å²) in [5, 5.41) is 2.15. The van der Waals surface area contributed by atoms with Crippen LogP contribution in [0.5, 0.6) is 0 Å². The first-order valence-corrected chi connectivity index (χ1v) is 5.54. The second kappa shape index (κ2) is 5.31. The van der Waals surface area contributed by atoms with E-state index in [9.17, 15) is 13.6 Å². The molecule has 0 aliphatic rings. The molecule has 1 amide bonds. The molecule has 0 saturated heterocycles. The van der Waals surface area contributed by atoms with Crippen molar-refractivity contribution >= 4 is 17.2 Å². The van der Waals surface area contributed by atoms with Crippen LogP contribution in [0.4, 0.5) is 8.78 Å². The number of thiazole rings is 1. The number of halogens is 2. The summed E-state index contributed by atoms with van der Waals surface area (Å²) in [6.07, 6.45) is -2.54. The monoisotopic (exact) mass is 249 g/mol. The van der Waals surface area contributed by atoms with Gasteiger partial charge in [0.25, 0.3) is 12.3 Å². The number of carbonyl (C=O) groups is 1. The van der Waals surface area contributed by atoms with E-state index in [1.165, 1.54) is 23.8 Å². The predicted molar refractivity (Wildman–Crippen MR) is 57.7 cm³/mol. The molecule has 1 aromatic rings. The maximum atomic E-state index is 12.1. The zero-order valence-corrected chi connectivity index (χ0v) is 9.80. The first kappa shape index (κ1) is 13.0. The maximum Gasteiger partial charge on any atom is 0.273 e. The largest absolute Gasteiger partial charge is 0.335 e. The van der Waals surface area contributed by atoms with Crippen molar-refractivity contribution in [3.8, 4) is 0 Å². The van der Waals surface area contributed by atoms with Gasteiger partial charge in [0, 0.05) is 12.4 Å². The van der Waals surface area contributed by atoms with Gasteiger partial charge >= 0.3 is 0 Å². The van der Waals surface area contributed by atoms with E-state index in [-0.39, 0.29) is 11.7 Å². The van der Waals surface area contributed by atoms with E-state index >= 15 is 0 Å². The lowest BCUT2D eigenvalue weighted by Crippen LogP contribution is -2.31. The van der Waals surface area contributed by atoms with E-state index in [0.29, 0.717) is 5.01 Å². The minimum Gasteiger partial charge on any atom is -0.335 e. The summed E-state index contributed by atoms with van der Waals surface area (Å²) in [4.78, 5) is 16.6. The van der Waals surface area contributed by atoms with Crippen molar-refractivity contribution in [3.63, 3.8) is 0 Å². The first-order chi connectivity index (χ1) is 7.41. The van der Waals surface area contributed by atoms with Crippen LogP contribution in [-0.4, -0.2) is 35.8 Å². The maximum absolute atomic E-state index is 12.1. The molecule has 1 aromatic heterocycles. The van der Waals surface area contributed by atoms with Crippen LogP contribution >= 0.6 is 11.3 Å². The lowest BCUT2D eigenvalue weighted by atomic mass is 10.3. The number of nitrogens with zero attached hydrogens (tertiary/aromatic N) is 2. The number of rotatable bonds is 4. The van der Waals surface area contributed by atoms with Crippen LogP contribution in [-0.2, 0) is 0 Å². The third kappa shape index (κ3) is 3.21. The van der Waals surface area contributed by atoms with Crippen molar-refractivity contribution in [2.24, 2.45) is 5.73 Å². The predicted octanol–water partition coefficient (Wildman–Crippen LogP) is 1.50. The van der Waals surface area contributed by atoms with Crippen LogP contribution in [0.2, 0.25) is 0 Å². The molecule has 0 radical (unpaired) electrons. The Kier molecular flexibility index (Phi) is 4.31. The summed E-state index contributed by atoms with van der Waals surface area (Å²) >= 11 is 1.25. The van der Waals surface area contributed by atoms with Crippen molar-refractivity contribution in [2.75, 3.05) is 13.6 Å². The van der Waals surface area contributed by atoms with E-state index in [1.54, 1.807) is 6.92 Å². The summed E-state index contributed by atoms with van der Waals surface area (Å²) in [6, 6.07) is -0.257. The van der Waals surface area contributed by atoms with Crippen molar-refractivity contribution in [1.29, 1.82) is 0 Å². The summed E-state index contributed by atoms with van der Waals surface area (Å²) in [7, 11) is 1.32. The molecule has 0 aliphatic carbocycles. The van der Waals surface area contributed by atoms with Crippen LogP contribution in [0.25, 0.3) is 0 Å². The molecule has 0 saturated carbocycles. The molecule has 7 heteroatoms. The number of hydrogen-bond acceptors (Lipinski definition) is 4. The molecule has 1 rings (SSSR count). The van der Waals surface area contributed by atoms with Gasteiger partial charge in [0.1, 0.15) is 10.7 Å². The Balaban J connectivity index is 2.72. The molecule has 90 valence electrons. The van der Waals surface area contributed by atoms with Gasteiger partial charge in [0.2, 0.25) is 0 Å². The summed E-state index contributed by atoms with van der Waals surface area (Å²) in [5.41, 5.74) is 5.75. The smallest absolute Gasteiger partial charge is 0.273 e. The lowest BCUT2D eigenvalue weighted by Gasteiger charge is -2.14. The number of aromatic nitrogens is 1. The standard InChI is InChI=1S/C9H13F2N3OS/c1-5(12)8-13-6(4-16-8)9(15)14(2)3-7(10)11/h4-5,7H,3,12H2,1-2H3. The molecule has 1 unspecified atom stereocenters. The van der Waals surface area contributed by atoms with Gasteiger partial charge in [-0.05, 0) is 6.92 Å². The number of amides is 1. The van der Waals surface area contributed by atoms with Crippen LogP contribution in [0.15, 0.2) is 5.38 Å². The van der Waals surface area contributed by atoms with E-state index in [1.807, 2.05) is 0 Å². The van der Waals surface area contributed by atoms with Gasteiger partial charge in [0.15, 0.2) is 0 Å². The second-order valence-corrected chi connectivity index (χ2v) is 4.33. The Hall–Kier alpha value is -1.08. The van der Waals surface area contributed by atoms with E-state index in [4.69, 9.17) is 5.73 Å². The second-order valence-electron chi connectivity index (χ2n) is 3.44. The fourth-order valence-electron chi connectivity index (χ4n) is 1.08. The highest BCUT2D eigenvalue weighted by Crippen LogP contribution is 2.16. The van der Waals surface area contributed by atoms with Crippen LogP contribution in [0.3, 0.4) is 0 Å². The molecule has 4 nitrogen and oxygen atoms in total. The molecule has 0 bridgehead atoms. The van der Waals surface area contributed by atoms with Gasteiger partial charge in [-0.1, -0.05) is 0 Å². The summed E-state index contributed by atoms with van der Waals surface area (Å²) in [6.45, 7) is 1.15. The molecule has 0 aromatic carbocycles. The number of nitrogens with two attached hydrogens (primary N) is 1. The molecule has 1 heterocycles. The Morgan fingerprint density at radius 3 is 2.75 bits per heavy atom. The quantitative estimate of drug-likeness (QED) is 0.879. The molecular formula is C9H13F2N3OS. The summed E-state index contributed by atoms with van der Waals surface area (Å²) < 4.78 is 24.1. The SMILES string of the molecule is CC(N)c1nc(C(=O)N(C)CC(F)F)cs1. The highest BCUT2D eigenvalue weighted by molar-refractivity contribution is 7.09. The molecule has 2 N–H and O–H groups in total. The molecule has 0 fully saturated rings. The topological polar surface area (TPSA) is 59.2 Å². The highest BCUT2D eigenvalue weighted by atomic mass is 32.1. The normalized spacial score (nSPS) is 12.9. The van der Waals surface area contributed by atoms with Crippen LogP contribution in [0, 0.1) is 0 Å². The third-order valence-corrected chi connectivity index (χ3v) is 2.93. The zero-order chi connectivity index (χ0) is 12.3. The van der Waals surface area contributed by atoms with Crippen molar-refractivity contribution in [3.05, 3.63) is 16.1 Å². The lowest BCUT2D eigenvalue weighted by molar-refractivity contribution is 0.0616. The number of hydrogen-bond donors (Lipinski definition) is 1. The van der Waals surface area contributed by atoms with E-state index in [2.05, 4.69) is 4.98 Å². The van der Waals surface area contributed by atoms with Gasteiger partial charge in [-0.2, -0.15) is 0 Å². The summed E-state index contributed by atoms with van der Waals surface area (Å²) in [5.74, 6) is -0.511. The van der Waals surface area contributed by atoms with Gasteiger partial charge in [-0.25, -0.2) is 13.8 Å². The highest BCUT2D eigenvalue weighted by Gasteiger charge is 2.19.